The number of quaternary nitrogens is 1. The van der Waals surface area contributed by atoms with Gasteiger partial charge in [-0.3, -0.25) is 4.79 Å². The van der Waals surface area contributed by atoms with Gasteiger partial charge in [0.05, 0.1) is 0 Å². The summed E-state index contributed by atoms with van der Waals surface area (Å²) in [5, 5.41) is 36.8. The van der Waals surface area contributed by atoms with Gasteiger partial charge in [0.2, 0.25) is 0 Å². The molecule has 2 aromatic carbocycles. The van der Waals surface area contributed by atoms with Crippen molar-refractivity contribution in [2.24, 2.45) is 0 Å². The average Bonchev–Trinajstić information content (AvgIpc) is 3.73. The van der Waals surface area contributed by atoms with Crippen LogP contribution in [-0.4, -0.2) is 65.1 Å². The number of rotatable bonds is 16. The second kappa shape index (κ2) is 15.8. The molecule has 0 amide bonds. The van der Waals surface area contributed by atoms with E-state index in [0.717, 1.165) is 35.1 Å². The van der Waals surface area contributed by atoms with Gasteiger partial charge in [0.15, 0.2) is 23.8 Å². The quantitative estimate of drug-likeness (QED) is 0.0413. The van der Waals surface area contributed by atoms with Crippen LogP contribution in [0.4, 0.5) is 0 Å². The molecule has 1 N–H and O–H groups in total. The van der Waals surface area contributed by atoms with E-state index >= 15 is 0 Å². The number of carbonyl (C=O) groups is 1. The van der Waals surface area contributed by atoms with E-state index in [-0.39, 0.29) is 34.0 Å². The Balaban J connectivity index is 1.48. The van der Waals surface area contributed by atoms with E-state index in [1.54, 1.807) is 16.8 Å². The van der Waals surface area contributed by atoms with Crippen LogP contribution in [0, 0.1) is 5.21 Å². The van der Waals surface area contributed by atoms with Gasteiger partial charge in [-0.2, -0.15) is 14.1 Å². The van der Waals surface area contributed by atoms with Crippen molar-refractivity contribution in [1.29, 1.82) is 0 Å². The molecule has 1 atom stereocenters. The predicted octanol–water partition coefficient (Wildman–Crippen LogP) is 6.41. The number of carbonyl (C=O) groups excluding carboxylic acids is 1. The molecule has 0 fully saturated rings. The molecule has 0 aliphatic rings. The van der Waals surface area contributed by atoms with Gasteiger partial charge in [-0.1, -0.05) is 73.5 Å². The largest absolute Gasteiger partial charge is 0.618 e. The molecule has 3 heterocycles. The maximum Gasteiger partial charge on any atom is 0.277 e. The van der Waals surface area contributed by atoms with Gasteiger partial charge in [-0.05, 0) is 67.3 Å². The number of halogens is 1. The molecule has 0 saturated heterocycles. The van der Waals surface area contributed by atoms with E-state index in [9.17, 15) is 15.2 Å². The monoisotopic (exact) mass is 687 g/mol. The highest BCUT2D eigenvalue weighted by atomic mass is 35.5. The highest BCUT2D eigenvalue weighted by Crippen LogP contribution is 2.32. The topological polar surface area (TPSA) is 135 Å². The number of imidazole rings is 1. The highest BCUT2D eigenvalue weighted by Gasteiger charge is 2.32. The van der Waals surface area contributed by atoms with Crippen molar-refractivity contribution >= 4 is 17.4 Å². The van der Waals surface area contributed by atoms with Gasteiger partial charge >= 0.3 is 0 Å². The number of tetrazole rings is 1. The summed E-state index contributed by atoms with van der Waals surface area (Å²) in [7, 11) is 0. The van der Waals surface area contributed by atoms with Crippen molar-refractivity contribution < 1.29 is 24.1 Å². The molecule has 5 rings (SSSR count). The predicted molar refractivity (Wildman–Crippen MR) is 186 cm³/mol. The first-order valence-corrected chi connectivity index (χ1v) is 17.2. The van der Waals surface area contributed by atoms with Crippen LogP contribution in [0.5, 0.6) is 0 Å². The fourth-order valence-corrected chi connectivity index (χ4v) is 6.19. The molecule has 0 bridgehead atoms. The van der Waals surface area contributed by atoms with Crippen LogP contribution < -0.4 is 4.73 Å². The third-order valence-corrected chi connectivity index (χ3v) is 9.14. The smallest absolute Gasteiger partial charge is 0.277 e. The number of nitrogens with zero attached hydrogens (tertiary/aromatic N) is 8. The highest BCUT2D eigenvalue weighted by molar-refractivity contribution is 6.33. The Morgan fingerprint density at radius 3 is 2.41 bits per heavy atom. The van der Waals surface area contributed by atoms with Crippen molar-refractivity contribution in [3.05, 3.63) is 106 Å². The second-order valence-electron chi connectivity index (χ2n) is 12.0. The fourth-order valence-electron chi connectivity index (χ4n) is 5.90. The standard InChI is InChI=1S/C36H44ClN8O4/c1-6-10-18-32-38-35(37)33(34(46)31-17-13-14-28(44(31)47)24-45(48,7-2)8-3)42(32)23-26-19-21-27(22-20-26)29-15-11-12-16-30(29)36-39-40-41-43(36)25(5)49-9-4/h11-17,19-22,25,48H,6-10,18,23-24H2,1-5H3/q+1. The van der Waals surface area contributed by atoms with Crippen LogP contribution in [-0.2, 0) is 24.2 Å². The molecule has 0 saturated carbocycles. The number of ketones is 1. The maximum atomic E-state index is 14.1. The van der Waals surface area contributed by atoms with Crippen LogP contribution in [0.3, 0.4) is 0 Å². The van der Waals surface area contributed by atoms with Crippen LogP contribution in [0.1, 0.15) is 87.0 Å². The number of ether oxygens (including phenoxy) is 1. The summed E-state index contributed by atoms with van der Waals surface area (Å²) < 4.78 is 9.53. The zero-order valence-corrected chi connectivity index (χ0v) is 29.5. The number of unbranched alkanes of at least 4 members (excludes halogenated alkanes) is 1. The second-order valence-corrected chi connectivity index (χ2v) is 12.4. The van der Waals surface area contributed by atoms with E-state index in [1.165, 1.54) is 6.07 Å². The minimum atomic E-state index is -0.523. The summed E-state index contributed by atoms with van der Waals surface area (Å²) in [4.78, 5) is 18.7. The number of pyridine rings is 1. The third-order valence-electron chi connectivity index (χ3n) is 8.88. The summed E-state index contributed by atoms with van der Waals surface area (Å²) in [6.45, 7) is 11.4. The molecule has 12 nitrogen and oxygen atoms in total. The zero-order valence-electron chi connectivity index (χ0n) is 28.7. The molecule has 0 radical (unpaired) electrons. The SMILES string of the molecule is CCCCc1nc(Cl)c(C(=O)c2cccc(C[N+](O)(CC)CC)[n+]2[O-])n1Cc1ccc(-c2ccccc2-c2nnnn2C(C)OCC)cc1. The van der Waals surface area contributed by atoms with Crippen molar-refractivity contribution in [3.63, 3.8) is 0 Å². The lowest BCUT2D eigenvalue weighted by atomic mass is 9.98. The number of hydroxylamine groups is 3. The number of hydrogen-bond donors (Lipinski definition) is 1. The van der Waals surface area contributed by atoms with Gasteiger partial charge in [-0.15, -0.1) is 5.10 Å². The van der Waals surface area contributed by atoms with Gasteiger partial charge in [0, 0.05) is 37.3 Å². The first-order valence-electron chi connectivity index (χ1n) is 16.8. The van der Waals surface area contributed by atoms with E-state index in [2.05, 4.69) is 27.4 Å². The number of aryl methyl sites for hydroxylation is 1. The lowest BCUT2D eigenvalue weighted by Crippen LogP contribution is -2.49. The normalized spacial score (nSPS) is 12.4. The molecule has 0 spiro atoms. The zero-order chi connectivity index (χ0) is 35.1. The third kappa shape index (κ3) is 7.73. The van der Waals surface area contributed by atoms with Crippen molar-refractivity contribution in [2.45, 2.75) is 73.2 Å². The fraction of sp³-hybridized carbons (Fsp3) is 0.389. The van der Waals surface area contributed by atoms with Gasteiger partial charge in [0.25, 0.3) is 17.2 Å². The molecule has 0 aliphatic heterocycles. The van der Waals surface area contributed by atoms with Gasteiger partial charge < -0.3 is 14.5 Å². The summed E-state index contributed by atoms with van der Waals surface area (Å²) in [5.41, 5.74) is 4.09. The summed E-state index contributed by atoms with van der Waals surface area (Å²) >= 11 is 6.68. The lowest BCUT2D eigenvalue weighted by Gasteiger charge is -2.26. The summed E-state index contributed by atoms with van der Waals surface area (Å²) in [6.07, 6.45) is 2.09. The number of benzene rings is 2. The van der Waals surface area contributed by atoms with E-state index in [0.29, 0.717) is 54.7 Å². The summed E-state index contributed by atoms with van der Waals surface area (Å²) in [5.74, 6) is 0.757. The molecule has 13 heteroatoms. The molecule has 258 valence electrons. The summed E-state index contributed by atoms with van der Waals surface area (Å²) in [6, 6.07) is 20.8. The minimum Gasteiger partial charge on any atom is -0.618 e. The lowest BCUT2D eigenvalue weighted by molar-refractivity contribution is -1.11. The molecule has 3 aromatic heterocycles. The Morgan fingerprint density at radius 2 is 1.73 bits per heavy atom. The van der Waals surface area contributed by atoms with Gasteiger partial charge in [0.1, 0.15) is 24.6 Å². The molecular formula is C36H44ClN8O4+. The van der Waals surface area contributed by atoms with Crippen molar-refractivity contribution in [2.75, 3.05) is 19.7 Å². The Kier molecular flexibility index (Phi) is 11.6. The van der Waals surface area contributed by atoms with Crippen LogP contribution in [0.25, 0.3) is 22.5 Å². The van der Waals surface area contributed by atoms with Gasteiger partial charge in [-0.25, -0.2) is 10.2 Å². The maximum absolute atomic E-state index is 14.1. The average molecular weight is 688 g/mol. The Hall–Kier alpha value is -4.49. The number of hydrogen-bond acceptors (Lipinski definition) is 8. The molecule has 1 unspecified atom stereocenters. The molecule has 49 heavy (non-hydrogen) atoms. The Bertz CT molecular complexity index is 1880. The molecule has 5 aromatic rings. The molecule has 0 aliphatic carbocycles. The van der Waals surface area contributed by atoms with E-state index in [1.807, 2.05) is 80.8 Å². The van der Waals surface area contributed by atoms with Crippen molar-refractivity contribution in [1.82, 2.24) is 29.8 Å². The first kappa shape index (κ1) is 35.8. The van der Waals surface area contributed by atoms with Crippen LogP contribution in [0.2, 0.25) is 5.15 Å². The van der Waals surface area contributed by atoms with Crippen LogP contribution >= 0.6 is 11.6 Å². The Morgan fingerprint density at radius 1 is 1.02 bits per heavy atom. The van der Waals surface area contributed by atoms with Crippen LogP contribution in [0.15, 0.2) is 66.7 Å². The van der Waals surface area contributed by atoms with E-state index in [4.69, 9.17) is 16.3 Å². The van der Waals surface area contributed by atoms with E-state index < -0.39 is 5.78 Å². The molecular weight excluding hydrogens is 644 g/mol. The minimum absolute atomic E-state index is 0.0560. The van der Waals surface area contributed by atoms with Crippen molar-refractivity contribution in [3.8, 4) is 22.5 Å². The Labute approximate surface area is 291 Å². The first-order chi connectivity index (χ1) is 23.6. The number of aromatic nitrogens is 7.